The van der Waals surface area contributed by atoms with E-state index >= 15 is 0 Å². The van der Waals surface area contributed by atoms with Crippen LogP contribution >= 0.6 is 0 Å². The second-order valence-electron chi connectivity index (χ2n) is 11.0. The number of aliphatic hydroxyl groups excluding tert-OH is 2. The van der Waals surface area contributed by atoms with Crippen LogP contribution in [-0.2, 0) is 17.8 Å². The number of carboxylic acids is 1. The third kappa shape index (κ3) is 9.13. The zero-order valence-corrected chi connectivity index (χ0v) is 27.7. The quantitative estimate of drug-likeness (QED) is 0.157. The Morgan fingerprint density at radius 1 is 0.933 bits per heavy atom. The molecule has 8 nitrogen and oxygen atoms in total. The number of aliphatic hydroxyl groups is 2. The molecule has 1 aromatic heterocycles. The summed E-state index contributed by atoms with van der Waals surface area (Å²) in [5.41, 5.74) is 5.33. The van der Waals surface area contributed by atoms with E-state index in [0.717, 1.165) is 22.4 Å². The minimum Gasteiger partial charge on any atom is -0.550 e. The number of hydrogen-bond donors (Lipinski definition) is 3. The van der Waals surface area contributed by atoms with Gasteiger partial charge in [-0.2, -0.15) is 0 Å². The Labute approximate surface area is 284 Å². The Kier molecular flexibility index (Phi) is 13.1. The molecular weight excluding hydrogens is 584 g/mol. The van der Waals surface area contributed by atoms with Crippen LogP contribution in [0.4, 0.5) is 10.1 Å². The van der Waals surface area contributed by atoms with Crippen molar-refractivity contribution in [3.63, 3.8) is 0 Å². The van der Waals surface area contributed by atoms with Crippen molar-refractivity contribution < 1.29 is 58.9 Å². The van der Waals surface area contributed by atoms with Gasteiger partial charge in [0, 0.05) is 41.8 Å². The largest absolute Gasteiger partial charge is 1.00 e. The molecule has 3 N–H and O–H groups in total. The summed E-state index contributed by atoms with van der Waals surface area (Å²) >= 11 is 0. The average Bonchev–Trinajstić information content (AvgIpc) is 3.35. The number of carboxylic acid groups (broad SMARTS) is 1. The van der Waals surface area contributed by atoms with Crippen LogP contribution in [-0.4, -0.2) is 38.9 Å². The molecule has 0 saturated carbocycles. The summed E-state index contributed by atoms with van der Waals surface area (Å²) in [7, 11) is 0. The van der Waals surface area contributed by atoms with Crippen LogP contribution in [0.1, 0.15) is 60.9 Å². The summed E-state index contributed by atoms with van der Waals surface area (Å²) in [4.78, 5) is 28.4. The van der Waals surface area contributed by atoms with Crippen molar-refractivity contribution in [1.29, 1.82) is 0 Å². The van der Waals surface area contributed by atoms with Crippen LogP contribution in [0.3, 0.4) is 0 Å². The van der Waals surface area contributed by atoms with E-state index in [0.29, 0.717) is 22.5 Å². The van der Waals surface area contributed by atoms with Gasteiger partial charge in [-0.05, 0) is 61.9 Å². The van der Waals surface area contributed by atoms with E-state index in [1.54, 1.807) is 36.4 Å². The molecule has 0 radical (unpaired) electrons. The van der Waals surface area contributed by atoms with Crippen LogP contribution in [0.25, 0.3) is 27.1 Å². The van der Waals surface area contributed by atoms with Crippen LogP contribution in [0, 0.1) is 12.4 Å². The summed E-state index contributed by atoms with van der Waals surface area (Å²) in [6.45, 7) is 11.3. The van der Waals surface area contributed by atoms with Crippen LogP contribution < -0.4 is 40.0 Å². The molecule has 1 amide bonds. The van der Waals surface area contributed by atoms with E-state index in [1.807, 2.05) is 48.7 Å². The third-order valence-electron chi connectivity index (χ3n) is 7.41. The van der Waals surface area contributed by atoms with Crippen molar-refractivity contribution in [2.75, 3.05) is 0 Å². The van der Waals surface area contributed by atoms with Crippen LogP contribution in [0.5, 0.6) is 0 Å². The molecule has 228 valence electrons. The number of nitrogens with one attached hydrogen (secondary N) is 1. The Morgan fingerprint density at radius 3 is 2.13 bits per heavy atom. The number of amides is 1. The molecule has 10 heteroatoms. The second-order valence-corrected chi connectivity index (χ2v) is 11.0. The number of benzene rings is 3. The summed E-state index contributed by atoms with van der Waals surface area (Å²) in [5.74, 6) is -2.13. The summed E-state index contributed by atoms with van der Waals surface area (Å²) < 4.78 is 16.0. The Balaban J connectivity index is 0.00000552. The number of aromatic nitrogens is 1. The van der Waals surface area contributed by atoms with Crippen molar-refractivity contribution >= 4 is 17.6 Å². The van der Waals surface area contributed by atoms with Gasteiger partial charge in [0.15, 0.2) is 5.69 Å². The van der Waals surface area contributed by atoms with Gasteiger partial charge in [-0.1, -0.05) is 66.7 Å². The van der Waals surface area contributed by atoms with Crippen LogP contribution in [0.15, 0.2) is 78.9 Å². The van der Waals surface area contributed by atoms with Crippen molar-refractivity contribution in [2.24, 2.45) is 0 Å². The molecule has 0 aliphatic heterocycles. The molecule has 0 spiro atoms. The number of aliphatic carboxylic acids is 1. The zero-order valence-electron chi connectivity index (χ0n) is 25.7. The van der Waals surface area contributed by atoms with Crippen LogP contribution in [0.2, 0.25) is 0 Å². The fourth-order valence-electron chi connectivity index (χ4n) is 5.46. The van der Waals surface area contributed by atoms with E-state index in [1.165, 1.54) is 12.1 Å². The van der Waals surface area contributed by atoms with Gasteiger partial charge in [-0.15, -0.1) is 0 Å². The molecule has 0 fully saturated rings. The predicted molar refractivity (Wildman–Crippen MR) is 164 cm³/mol. The van der Waals surface area contributed by atoms with Gasteiger partial charge in [0.1, 0.15) is 11.5 Å². The molecule has 4 rings (SSSR count). The van der Waals surface area contributed by atoms with Gasteiger partial charge in [-0.3, -0.25) is 4.79 Å². The molecule has 45 heavy (non-hydrogen) atoms. The first-order valence-electron chi connectivity index (χ1n) is 14.5. The molecular formula is C35H35FN3NaO5. The zero-order chi connectivity index (χ0) is 31.8. The van der Waals surface area contributed by atoms with Gasteiger partial charge in [-0.25, -0.2) is 9.24 Å². The first-order valence-corrected chi connectivity index (χ1v) is 14.5. The Bertz CT molecular complexity index is 1630. The molecule has 3 aromatic carbocycles. The SMILES string of the molecule is [C-]#[N+]c1ccc(CNC(=O)c2c(-c3ccccc3)c(-c3ccc(F)cc3)c(CC[C@@H](O)C[C@@H](O)CC(=O)[O-])n2C(C)C)cc1.[Na+]. The molecule has 1 heterocycles. The number of nitrogens with zero attached hydrogens (tertiary/aromatic N) is 2. The van der Waals surface area contributed by atoms with Gasteiger partial charge in [0.05, 0.1) is 18.8 Å². The van der Waals surface area contributed by atoms with E-state index < -0.39 is 30.4 Å². The maximum atomic E-state index is 14.1. The first-order chi connectivity index (χ1) is 21.1. The number of halogens is 1. The fraction of sp³-hybridized carbons (Fsp3) is 0.286. The standard InChI is InChI=1S/C35H36FN3O5.Na/c1-22(2)39-30(18-17-28(40)19-29(41)20-31(42)43)32(25-11-13-26(36)14-12-25)33(24-7-5-4-6-8-24)34(39)35(44)38-21-23-9-15-27(37-3)16-10-23;/h4-16,22,28-29,40-41H,17-21H2,1-2H3,(H,38,44)(H,42,43);/q;+1/p-1/t28-,29-;/m1./s1. The van der Waals surface area contributed by atoms with Crippen molar-refractivity contribution in [3.05, 3.63) is 113 Å². The number of carbonyl (C=O) groups excluding carboxylic acids is 2. The number of rotatable bonds is 13. The summed E-state index contributed by atoms with van der Waals surface area (Å²) in [5, 5.41) is 34.7. The molecule has 0 saturated heterocycles. The third-order valence-corrected chi connectivity index (χ3v) is 7.41. The predicted octanol–water partition coefficient (Wildman–Crippen LogP) is 2.21. The minimum atomic E-state index is -1.40. The molecule has 0 bridgehead atoms. The van der Waals surface area contributed by atoms with Gasteiger partial charge >= 0.3 is 29.6 Å². The number of hydrogen-bond acceptors (Lipinski definition) is 5. The van der Waals surface area contributed by atoms with Gasteiger partial charge in [0.25, 0.3) is 5.91 Å². The topological polar surface area (TPSA) is 119 Å². The molecule has 0 aliphatic carbocycles. The van der Waals surface area contributed by atoms with E-state index in [9.17, 15) is 29.3 Å². The van der Waals surface area contributed by atoms with Crippen molar-refractivity contribution in [3.8, 4) is 22.3 Å². The molecule has 2 atom stereocenters. The van der Waals surface area contributed by atoms with E-state index in [-0.39, 0.29) is 67.3 Å². The molecule has 0 unspecified atom stereocenters. The smallest absolute Gasteiger partial charge is 0.550 e. The second kappa shape index (κ2) is 16.5. The molecule has 0 aliphatic rings. The maximum Gasteiger partial charge on any atom is 1.00 e. The monoisotopic (exact) mass is 619 g/mol. The van der Waals surface area contributed by atoms with E-state index in [2.05, 4.69) is 10.2 Å². The Hall–Kier alpha value is -3.78. The van der Waals surface area contributed by atoms with E-state index in [4.69, 9.17) is 6.57 Å². The van der Waals surface area contributed by atoms with Gasteiger partial charge < -0.3 is 30.0 Å². The fourth-order valence-corrected chi connectivity index (χ4v) is 5.46. The Morgan fingerprint density at radius 2 is 1.56 bits per heavy atom. The van der Waals surface area contributed by atoms with Crippen molar-refractivity contribution in [2.45, 2.75) is 64.3 Å². The average molecular weight is 620 g/mol. The minimum absolute atomic E-state index is 0. The number of carbonyl (C=O) groups is 2. The normalized spacial score (nSPS) is 12.2. The first kappa shape index (κ1) is 35.7. The summed E-state index contributed by atoms with van der Waals surface area (Å²) in [6.07, 6.45) is -2.53. The summed E-state index contributed by atoms with van der Waals surface area (Å²) in [6, 6.07) is 22.2. The maximum absolute atomic E-state index is 14.1. The van der Waals surface area contributed by atoms with Crippen molar-refractivity contribution in [1.82, 2.24) is 9.88 Å². The molecule has 4 aromatic rings. The van der Waals surface area contributed by atoms with Gasteiger partial charge in [0.2, 0.25) is 0 Å².